The number of likely N-dealkylation sites (tertiary alicyclic amines) is 1. The number of hydrogen-bond acceptors (Lipinski definition) is 2. The van der Waals surface area contributed by atoms with Gasteiger partial charge in [0.2, 0.25) is 0 Å². The number of nitrogens with zero attached hydrogens (tertiary/aromatic N) is 1. The highest BCUT2D eigenvalue weighted by Crippen LogP contribution is 2.19. The third-order valence-electron chi connectivity index (χ3n) is 3.24. The molecule has 1 atom stereocenters. The normalized spacial score (nSPS) is 20.0. The molecule has 1 aliphatic heterocycles. The Balaban J connectivity index is 2.09. The smallest absolute Gasteiger partial charge is 0.0555 e. The fourth-order valence-corrected chi connectivity index (χ4v) is 2.34. The molecule has 90 valence electrons. The predicted molar refractivity (Wildman–Crippen MR) is 71.4 cm³/mol. The highest BCUT2D eigenvalue weighted by Gasteiger charge is 2.18. The topological polar surface area (TPSA) is 29.3 Å². The molecule has 0 radical (unpaired) electrons. The summed E-state index contributed by atoms with van der Waals surface area (Å²) in [7, 11) is 0. The maximum absolute atomic E-state index is 5.42. The van der Waals surface area contributed by atoms with Crippen LogP contribution in [-0.4, -0.2) is 24.5 Å². The van der Waals surface area contributed by atoms with E-state index in [1.165, 1.54) is 25.1 Å². The zero-order valence-electron chi connectivity index (χ0n) is 10.4. The zero-order valence-corrected chi connectivity index (χ0v) is 10.4. The van der Waals surface area contributed by atoms with Crippen LogP contribution in [0, 0.1) is 17.8 Å². The Hall–Kier alpha value is -1.30. The Bertz CT molecular complexity index is 428. The van der Waals surface area contributed by atoms with Gasteiger partial charge in [0.15, 0.2) is 0 Å². The van der Waals surface area contributed by atoms with Gasteiger partial charge in [0.1, 0.15) is 0 Å². The first-order valence-corrected chi connectivity index (χ1v) is 6.29. The lowest BCUT2D eigenvalue weighted by molar-refractivity contribution is 0.320. The van der Waals surface area contributed by atoms with Crippen molar-refractivity contribution in [3.8, 4) is 11.8 Å². The van der Waals surface area contributed by atoms with Crippen LogP contribution < -0.4 is 5.73 Å². The minimum Gasteiger partial charge on any atom is -0.320 e. The van der Waals surface area contributed by atoms with Crippen LogP contribution in [0.25, 0.3) is 0 Å². The van der Waals surface area contributed by atoms with Crippen molar-refractivity contribution in [3.63, 3.8) is 0 Å². The van der Waals surface area contributed by atoms with Gasteiger partial charge in [-0.05, 0) is 30.5 Å². The second-order valence-electron chi connectivity index (χ2n) is 4.79. The minimum absolute atomic E-state index is 0.426. The first kappa shape index (κ1) is 12.2. The van der Waals surface area contributed by atoms with E-state index in [1.54, 1.807) is 0 Å². The van der Waals surface area contributed by atoms with Crippen LogP contribution in [0.4, 0.5) is 0 Å². The average Bonchev–Trinajstić information content (AvgIpc) is 2.74. The summed E-state index contributed by atoms with van der Waals surface area (Å²) >= 11 is 0. The molecular weight excluding hydrogens is 208 g/mol. The van der Waals surface area contributed by atoms with Crippen LogP contribution in [0.1, 0.15) is 24.5 Å². The molecule has 1 aromatic rings. The molecule has 0 amide bonds. The highest BCUT2D eigenvalue weighted by atomic mass is 15.1. The van der Waals surface area contributed by atoms with Gasteiger partial charge >= 0.3 is 0 Å². The molecule has 1 fully saturated rings. The summed E-state index contributed by atoms with van der Waals surface area (Å²) in [6.07, 6.45) is 1.32. The maximum Gasteiger partial charge on any atom is 0.0555 e. The van der Waals surface area contributed by atoms with Crippen LogP contribution in [0.15, 0.2) is 24.3 Å². The van der Waals surface area contributed by atoms with Crippen molar-refractivity contribution in [1.82, 2.24) is 4.90 Å². The van der Waals surface area contributed by atoms with E-state index >= 15 is 0 Å². The van der Waals surface area contributed by atoms with E-state index in [4.69, 9.17) is 5.73 Å². The fraction of sp³-hybridized carbons (Fsp3) is 0.467. The van der Waals surface area contributed by atoms with E-state index in [-0.39, 0.29) is 0 Å². The number of rotatable bonds is 2. The quantitative estimate of drug-likeness (QED) is 0.783. The van der Waals surface area contributed by atoms with Crippen molar-refractivity contribution >= 4 is 0 Å². The molecule has 2 heteroatoms. The lowest BCUT2D eigenvalue weighted by Crippen LogP contribution is -2.20. The summed E-state index contributed by atoms with van der Waals surface area (Å²) in [4.78, 5) is 2.51. The predicted octanol–water partition coefficient (Wildman–Crippen LogP) is 1.84. The van der Waals surface area contributed by atoms with Crippen molar-refractivity contribution in [2.75, 3.05) is 19.6 Å². The van der Waals surface area contributed by atoms with Crippen LogP contribution in [0.2, 0.25) is 0 Å². The van der Waals surface area contributed by atoms with Crippen molar-refractivity contribution in [3.05, 3.63) is 35.4 Å². The molecule has 1 aliphatic rings. The van der Waals surface area contributed by atoms with Crippen LogP contribution in [0.3, 0.4) is 0 Å². The van der Waals surface area contributed by atoms with Crippen molar-refractivity contribution < 1.29 is 0 Å². The molecule has 0 aliphatic carbocycles. The molecule has 2 nitrogen and oxygen atoms in total. The Kier molecular flexibility index (Phi) is 4.19. The van der Waals surface area contributed by atoms with Crippen LogP contribution in [0.5, 0.6) is 0 Å². The molecule has 0 bridgehead atoms. The lowest BCUT2D eigenvalue weighted by Gasteiger charge is -2.16. The summed E-state index contributed by atoms with van der Waals surface area (Å²) in [6.45, 7) is 6.17. The SMILES string of the molecule is CC1CCN(Cc2ccccc2C#CCN)C1. The van der Waals surface area contributed by atoms with E-state index in [0.717, 1.165) is 18.0 Å². The molecule has 0 aromatic heterocycles. The third-order valence-corrected chi connectivity index (χ3v) is 3.24. The number of hydrogen-bond donors (Lipinski definition) is 1. The molecule has 1 saturated heterocycles. The second kappa shape index (κ2) is 5.86. The van der Waals surface area contributed by atoms with E-state index in [9.17, 15) is 0 Å². The van der Waals surface area contributed by atoms with Crippen molar-refractivity contribution in [1.29, 1.82) is 0 Å². The van der Waals surface area contributed by atoms with Crippen molar-refractivity contribution in [2.45, 2.75) is 19.9 Å². The molecular formula is C15H20N2. The van der Waals surface area contributed by atoms with E-state index in [0.29, 0.717) is 6.54 Å². The molecule has 1 unspecified atom stereocenters. The van der Waals surface area contributed by atoms with E-state index < -0.39 is 0 Å². The first-order chi connectivity index (χ1) is 8.29. The van der Waals surface area contributed by atoms with E-state index in [2.05, 4.69) is 41.9 Å². The molecule has 0 saturated carbocycles. The zero-order chi connectivity index (χ0) is 12.1. The minimum atomic E-state index is 0.426. The van der Waals surface area contributed by atoms with E-state index in [1.807, 2.05) is 6.07 Å². The van der Waals surface area contributed by atoms with Gasteiger partial charge in [-0.3, -0.25) is 4.90 Å². The average molecular weight is 228 g/mol. The lowest BCUT2D eigenvalue weighted by atomic mass is 10.1. The van der Waals surface area contributed by atoms with Gasteiger partial charge < -0.3 is 5.73 Å². The van der Waals surface area contributed by atoms with Gasteiger partial charge in [-0.15, -0.1) is 0 Å². The summed E-state index contributed by atoms with van der Waals surface area (Å²) in [6, 6.07) is 8.38. The van der Waals surface area contributed by atoms with Gasteiger partial charge in [0.05, 0.1) is 6.54 Å². The molecule has 17 heavy (non-hydrogen) atoms. The van der Waals surface area contributed by atoms with Gasteiger partial charge in [0, 0.05) is 18.7 Å². The summed E-state index contributed by atoms with van der Waals surface area (Å²) in [5.74, 6) is 6.93. The molecule has 1 aromatic carbocycles. The molecule has 0 spiro atoms. The van der Waals surface area contributed by atoms with Gasteiger partial charge in [0.25, 0.3) is 0 Å². The molecule has 2 rings (SSSR count). The summed E-state index contributed by atoms with van der Waals surface area (Å²) in [5.41, 5.74) is 7.87. The van der Waals surface area contributed by atoms with Crippen LogP contribution >= 0.6 is 0 Å². The third kappa shape index (κ3) is 3.33. The van der Waals surface area contributed by atoms with Gasteiger partial charge in [-0.1, -0.05) is 37.0 Å². The maximum atomic E-state index is 5.42. The summed E-state index contributed by atoms with van der Waals surface area (Å²) < 4.78 is 0. The number of benzene rings is 1. The van der Waals surface area contributed by atoms with Gasteiger partial charge in [-0.2, -0.15) is 0 Å². The Morgan fingerprint density at radius 1 is 1.41 bits per heavy atom. The Morgan fingerprint density at radius 2 is 2.24 bits per heavy atom. The standard InChI is InChI=1S/C15H20N2/c1-13-8-10-17(11-13)12-15-6-3-2-5-14(15)7-4-9-16/h2-3,5-6,13H,8-12,16H2,1H3. The summed E-state index contributed by atoms with van der Waals surface area (Å²) in [5, 5.41) is 0. The first-order valence-electron chi connectivity index (χ1n) is 6.29. The Labute approximate surface area is 104 Å². The van der Waals surface area contributed by atoms with Gasteiger partial charge in [-0.25, -0.2) is 0 Å². The number of nitrogens with two attached hydrogens (primary N) is 1. The second-order valence-corrected chi connectivity index (χ2v) is 4.79. The van der Waals surface area contributed by atoms with Crippen LogP contribution in [-0.2, 0) is 6.54 Å². The Morgan fingerprint density at radius 3 is 2.94 bits per heavy atom. The molecule has 1 heterocycles. The largest absolute Gasteiger partial charge is 0.320 e. The monoisotopic (exact) mass is 228 g/mol. The highest BCUT2D eigenvalue weighted by molar-refractivity contribution is 5.41. The molecule has 2 N–H and O–H groups in total. The fourth-order valence-electron chi connectivity index (χ4n) is 2.34. The van der Waals surface area contributed by atoms with Crippen molar-refractivity contribution in [2.24, 2.45) is 11.7 Å².